The van der Waals surface area contributed by atoms with Crippen LogP contribution in [0.3, 0.4) is 0 Å². The van der Waals surface area contributed by atoms with Gasteiger partial charge in [-0.25, -0.2) is 0 Å². The van der Waals surface area contributed by atoms with Gasteiger partial charge in [0.25, 0.3) is 0 Å². The molecule has 0 radical (unpaired) electrons. The third kappa shape index (κ3) is 1.61. The van der Waals surface area contributed by atoms with E-state index in [2.05, 4.69) is 0 Å². The SMILES string of the molecule is CC1=[C]([W]([CH]=O)([CH]=O)[CH]=O)CC=C1. The number of rotatable bonds is 4. The van der Waals surface area contributed by atoms with Gasteiger partial charge in [-0.2, -0.15) is 0 Å². The summed E-state index contributed by atoms with van der Waals surface area (Å²) in [5, 5.41) is 0. The van der Waals surface area contributed by atoms with E-state index in [1.165, 1.54) is 0 Å². The topological polar surface area (TPSA) is 51.2 Å². The Balaban J connectivity index is 3.16. The first-order valence-corrected chi connectivity index (χ1v) is 10.3. The second-order valence-corrected chi connectivity index (χ2v) is 12.1. The first kappa shape index (κ1) is 10.3. The standard InChI is InChI=1S/C6H7.3CHO.W/c1-6-4-2-3-5-6;3*1-2;/h2,4H,3H2,1H3;3*1H;. The Kier molecular flexibility index (Phi) is 3.10. The Bertz CT molecular complexity index is 293. The van der Waals surface area contributed by atoms with Gasteiger partial charge in [0.15, 0.2) is 0 Å². The molecule has 0 unspecified atom stereocenters. The molecular formula is C9H10O3W. The van der Waals surface area contributed by atoms with E-state index in [4.69, 9.17) is 0 Å². The zero-order valence-electron chi connectivity index (χ0n) is 7.23. The fraction of sp³-hybridized carbons (Fsp3) is 0.222. The Hall–Kier alpha value is -0.822. The molecule has 0 saturated heterocycles. The normalized spacial score (nSPS) is 17.3. The summed E-state index contributed by atoms with van der Waals surface area (Å²) in [6.45, 7) is 1.83. The van der Waals surface area contributed by atoms with E-state index in [0.717, 1.165) is 9.54 Å². The van der Waals surface area contributed by atoms with E-state index in [9.17, 15) is 14.4 Å². The van der Waals surface area contributed by atoms with Gasteiger partial charge in [-0.1, -0.05) is 0 Å². The van der Waals surface area contributed by atoms with Gasteiger partial charge in [-0.3, -0.25) is 0 Å². The fourth-order valence-corrected chi connectivity index (χ4v) is 6.63. The average molecular weight is 350 g/mol. The maximum atomic E-state index is 10.8. The summed E-state index contributed by atoms with van der Waals surface area (Å²) in [6, 6.07) is 0. The van der Waals surface area contributed by atoms with Gasteiger partial charge in [0, 0.05) is 0 Å². The van der Waals surface area contributed by atoms with E-state index in [1.54, 1.807) is 0 Å². The van der Waals surface area contributed by atoms with Crippen molar-refractivity contribution in [3.63, 3.8) is 0 Å². The molecule has 0 atom stereocenters. The molecule has 0 aliphatic heterocycles. The van der Waals surface area contributed by atoms with Gasteiger partial charge in [-0.15, -0.1) is 0 Å². The average Bonchev–Trinajstić information content (AvgIpc) is 2.57. The molecule has 1 aliphatic carbocycles. The first-order valence-electron chi connectivity index (χ1n) is 3.75. The number of allylic oxidation sites excluding steroid dienone is 4. The molecule has 0 heterocycles. The van der Waals surface area contributed by atoms with Gasteiger partial charge < -0.3 is 0 Å². The van der Waals surface area contributed by atoms with Crippen molar-refractivity contribution in [1.82, 2.24) is 0 Å². The molecule has 0 fully saturated rings. The maximum absolute atomic E-state index is 10.8. The van der Waals surface area contributed by atoms with Gasteiger partial charge in [-0.05, 0) is 0 Å². The second-order valence-electron chi connectivity index (χ2n) is 2.76. The van der Waals surface area contributed by atoms with Crippen LogP contribution in [0.1, 0.15) is 13.3 Å². The van der Waals surface area contributed by atoms with Crippen molar-refractivity contribution in [2.75, 3.05) is 0 Å². The molecule has 0 N–H and O–H groups in total. The molecule has 70 valence electrons. The summed E-state index contributed by atoms with van der Waals surface area (Å²) in [6.07, 6.45) is 4.33. The van der Waals surface area contributed by atoms with Crippen molar-refractivity contribution in [1.29, 1.82) is 0 Å². The van der Waals surface area contributed by atoms with Crippen molar-refractivity contribution < 1.29 is 30.4 Å². The summed E-state index contributed by atoms with van der Waals surface area (Å²) >= 11 is -3.83. The Labute approximate surface area is 79.7 Å². The Morgan fingerprint density at radius 2 is 1.77 bits per heavy atom. The van der Waals surface area contributed by atoms with Gasteiger partial charge >= 0.3 is 79.5 Å². The van der Waals surface area contributed by atoms with Gasteiger partial charge in [0.1, 0.15) is 0 Å². The second kappa shape index (κ2) is 3.92. The molecule has 0 aromatic heterocycles. The molecule has 3 nitrogen and oxygen atoms in total. The van der Waals surface area contributed by atoms with Crippen LogP contribution in [-0.4, -0.2) is 14.0 Å². The minimum absolute atomic E-state index is 0.595. The summed E-state index contributed by atoms with van der Waals surface area (Å²) < 4.78 is 2.63. The number of carbonyl (C=O) groups excluding carboxylic acids is 3. The van der Waals surface area contributed by atoms with Crippen molar-refractivity contribution in [2.45, 2.75) is 13.3 Å². The van der Waals surface area contributed by atoms with Crippen molar-refractivity contribution >= 4 is 14.0 Å². The zero-order valence-corrected chi connectivity index (χ0v) is 10.2. The van der Waals surface area contributed by atoms with Crippen LogP contribution in [0.4, 0.5) is 0 Å². The minimum atomic E-state index is -3.83. The molecule has 0 saturated carbocycles. The van der Waals surface area contributed by atoms with Gasteiger partial charge in [0.2, 0.25) is 0 Å². The summed E-state index contributed by atoms with van der Waals surface area (Å²) in [5.41, 5.74) is 0.918. The third-order valence-electron chi connectivity index (χ3n) is 2.02. The van der Waals surface area contributed by atoms with Crippen molar-refractivity contribution in [3.8, 4) is 0 Å². The Morgan fingerprint density at radius 1 is 1.23 bits per heavy atom. The molecule has 0 spiro atoms. The number of hydrogen-bond donors (Lipinski definition) is 0. The van der Waals surface area contributed by atoms with Crippen molar-refractivity contribution in [2.24, 2.45) is 0 Å². The molecule has 0 bridgehead atoms. The number of carbonyl (C=O) groups is 3. The first-order chi connectivity index (χ1) is 6.20. The van der Waals surface area contributed by atoms with Crippen LogP contribution in [0.25, 0.3) is 0 Å². The molecule has 0 amide bonds. The van der Waals surface area contributed by atoms with E-state index in [0.29, 0.717) is 20.4 Å². The summed E-state index contributed by atoms with van der Waals surface area (Å²) in [7, 11) is 0. The van der Waals surface area contributed by atoms with Crippen LogP contribution in [0, 0.1) is 0 Å². The van der Waals surface area contributed by atoms with Crippen LogP contribution in [-0.2, 0) is 30.4 Å². The summed E-state index contributed by atoms with van der Waals surface area (Å²) in [4.78, 5) is 32.4. The summed E-state index contributed by atoms with van der Waals surface area (Å²) in [5.74, 6) is 0. The third-order valence-corrected chi connectivity index (χ3v) is 10.3. The molecular weight excluding hydrogens is 340 g/mol. The Morgan fingerprint density at radius 3 is 2.08 bits per heavy atom. The predicted molar refractivity (Wildman–Crippen MR) is 46.7 cm³/mol. The monoisotopic (exact) mass is 350 g/mol. The zero-order chi connectivity index (χ0) is 9.90. The van der Waals surface area contributed by atoms with Gasteiger partial charge in [0.05, 0.1) is 0 Å². The molecule has 0 aromatic carbocycles. The van der Waals surface area contributed by atoms with Crippen LogP contribution >= 0.6 is 0 Å². The van der Waals surface area contributed by atoms with E-state index < -0.39 is 16.1 Å². The van der Waals surface area contributed by atoms with E-state index in [1.807, 2.05) is 19.1 Å². The quantitative estimate of drug-likeness (QED) is 0.710. The van der Waals surface area contributed by atoms with Crippen LogP contribution in [0.5, 0.6) is 0 Å². The van der Waals surface area contributed by atoms with E-state index >= 15 is 0 Å². The van der Waals surface area contributed by atoms with Crippen LogP contribution < -0.4 is 0 Å². The fourth-order valence-electron chi connectivity index (χ4n) is 1.26. The van der Waals surface area contributed by atoms with Crippen LogP contribution in [0.15, 0.2) is 21.7 Å². The van der Waals surface area contributed by atoms with Crippen LogP contribution in [0.2, 0.25) is 0 Å². The van der Waals surface area contributed by atoms with E-state index in [-0.39, 0.29) is 0 Å². The molecule has 1 aliphatic rings. The predicted octanol–water partition coefficient (Wildman–Crippen LogP) is 0.945. The molecule has 13 heavy (non-hydrogen) atoms. The molecule has 0 aromatic rings. The van der Waals surface area contributed by atoms with Crippen molar-refractivity contribution in [3.05, 3.63) is 21.7 Å². The molecule has 4 heteroatoms. The number of hydrogen-bond acceptors (Lipinski definition) is 3. The molecule has 1 rings (SSSR count).